The van der Waals surface area contributed by atoms with E-state index in [0.717, 1.165) is 0 Å². The average molecular weight is 227 g/mol. The van der Waals surface area contributed by atoms with Crippen molar-refractivity contribution in [1.29, 1.82) is 0 Å². The zero-order chi connectivity index (χ0) is 12.6. The van der Waals surface area contributed by atoms with Crippen LogP contribution in [0.4, 0.5) is 4.79 Å². The molecule has 1 amide bonds. The molecule has 1 aliphatic rings. The Kier molecular flexibility index (Phi) is 3.31. The molecule has 4 nitrogen and oxygen atoms in total. The highest BCUT2D eigenvalue weighted by molar-refractivity contribution is 5.85. The maximum Gasteiger partial charge on any atom is 0.411 e. The predicted octanol–water partition coefficient (Wildman–Crippen LogP) is 2.37. The van der Waals surface area contributed by atoms with Gasteiger partial charge in [0.25, 0.3) is 0 Å². The highest BCUT2D eigenvalue weighted by Gasteiger charge is 2.38. The summed E-state index contributed by atoms with van der Waals surface area (Å²) < 4.78 is 5.30. The van der Waals surface area contributed by atoms with Crippen molar-refractivity contribution < 1.29 is 14.3 Å². The number of carbonyl (C=O) groups excluding carboxylic acids is 2. The Balaban J connectivity index is 2.76. The Labute approximate surface area is 96.9 Å². The Morgan fingerprint density at radius 1 is 1.38 bits per heavy atom. The molecule has 0 aromatic rings. The lowest BCUT2D eigenvalue weighted by Crippen LogP contribution is -2.54. The standard InChI is InChI=1S/C12H21NO3/c1-11(2,3)16-10(15)13-8-9(14)6-7-12(13,4)5/h6-8H2,1-5H3. The molecule has 0 unspecified atom stereocenters. The summed E-state index contributed by atoms with van der Waals surface area (Å²) in [4.78, 5) is 24.8. The fourth-order valence-electron chi connectivity index (χ4n) is 1.68. The van der Waals surface area contributed by atoms with Crippen molar-refractivity contribution in [2.24, 2.45) is 0 Å². The van der Waals surface area contributed by atoms with Crippen LogP contribution in [0.15, 0.2) is 0 Å². The fraction of sp³-hybridized carbons (Fsp3) is 0.833. The van der Waals surface area contributed by atoms with Crippen LogP contribution in [0.5, 0.6) is 0 Å². The lowest BCUT2D eigenvalue weighted by atomic mass is 9.90. The van der Waals surface area contributed by atoms with Crippen LogP contribution in [0, 0.1) is 0 Å². The van der Waals surface area contributed by atoms with E-state index in [1.165, 1.54) is 4.90 Å². The van der Waals surface area contributed by atoms with Crippen molar-refractivity contribution in [2.45, 2.75) is 58.6 Å². The molecule has 1 fully saturated rings. The molecule has 0 aliphatic carbocycles. The number of ether oxygens (including phenoxy) is 1. The van der Waals surface area contributed by atoms with Gasteiger partial charge in [-0.25, -0.2) is 4.79 Å². The number of carbonyl (C=O) groups is 2. The Hall–Kier alpha value is -1.06. The van der Waals surface area contributed by atoms with Gasteiger partial charge in [0.2, 0.25) is 0 Å². The van der Waals surface area contributed by atoms with E-state index in [9.17, 15) is 9.59 Å². The minimum absolute atomic E-state index is 0.102. The minimum Gasteiger partial charge on any atom is -0.444 e. The minimum atomic E-state index is -0.520. The summed E-state index contributed by atoms with van der Waals surface area (Å²) in [6.07, 6.45) is 0.850. The van der Waals surface area contributed by atoms with E-state index < -0.39 is 11.7 Å². The number of Topliss-reactive ketones (excluding diaryl/α,β-unsaturated/α-hetero) is 1. The van der Waals surface area contributed by atoms with Gasteiger partial charge in [-0.15, -0.1) is 0 Å². The molecular formula is C12H21NO3. The molecule has 0 spiro atoms. The van der Waals surface area contributed by atoms with Gasteiger partial charge in [-0.3, -0.25) is 9.69 Å². The third kappa shape index (κ3) is 3.22. The van der Waals surface area contributed by atoms with E-state index in [1.807, 2.05) is 34.6 Å². The van der Waals surface area contributed by atoms with E-state index in [-0.39, 0.29) is 17.9 Å². The molecule has 0 aromatic heterocycles. The van der Waals surface area contributed by atoms with Crippen molar-refractivity contribution in [3.63, 3.8) is 0 Å². The molecule has 1 heterocycles. The largest absolute Gasteiger partial charge is 0.444 e. The van der Waals surface area contributed by atoms with E-state index in [0.29, 0.717) is 12.8 Å². The maximum absolute atomic E-state index is 11.9. The highest BCUT2D eigenvalue weighted by Crippen LogP contribution is 2.27. The van der Waals surface area contributed by atoms with Gasteiger partial charge in [-0.1, -0.05) is 0 Å². The first-order valence-corrected chi connectivity index (χ1v) is 5.64. The molecule has 1 rings (SSSR count). The quantitative estimate of drug-likeness (QED) is 0.638. The zero-order valence-electron chi connectivity index (χ0n) is 10.8. The van der Waals surface area contributed by atoms with Crippen molar-refractivity contribution in [3.05, 3.63) is 0 Å². The second-order valence-corrected chi connectivity index (χ2v) is 5.92. The summed E-state index contributed by atoms with van der Waals surface area (Å²) >= 11 is 0. The van der Waals surface area contributed by atoms with Gasteiger partial charge in [0, 0.05) is 12.0 Å². The first kappa shape index (κ1) is 13.0. The van der Waals surface area contributed by atoms with Gasteiger partial charge < -0.3 is 4.74 Å². The number of nitrogens with zero attached hydrogens (tertiary/aromatic N) is 1. The van der Waals surface area contributed by atoms with Crippen LogP contribution in [0.2, 0.25) is 0 Å². The Morgan fingerprint density at radius 2 is 1.94 bits per heavy atom. The van der Waals surface area contributed by atoms with E-state index >= 15 is 0 Å². The number of hydrogen-bond acceptors (Lipinski definition) is 3. The van der Waals surface area contributed by atoms with Crippen LogP contribution in [0.1, 0.15) is 47.5 Å². The molecule has 0 aromatic carbocycles. The normalized spacial score (nSPS) is 20.8. The molecule has 1 aliphatic heterocycles. The first-order valence-electron chi connectivity index (χ1n) is 5.64. The number of hydrogen-bond donors (Lipinski definition) is 0. The van der Waals surface area contributed by atoms with Crippen LogP contribution >= 0.6 is 0 Å². The van der Waals surface area contributed by atoms with Crippen molar-refractivity contribution in [2.75, 3.05) is 6.54 Å². The van der Waals surface area contributed by atoms with Crippen LogP contribution in [0.3, 0.4) is 0 Å². The summed E-state index contributed by atoms with van der Waals surface area (Å²) in [5, 5.41) is 0. The molecule has 0 bridgehead atoms. The van der Waals surface area contributed by atoms with E-state index in [2.05, 4.69) is 0 Å². The number of likely N-dealkylation sites (tertiary alicyclic amines) is 1. The average Bonchev–Trinajstić information content (AvgIpc) is 2.06. The van der Waals surface area contributed by atoms with Gasteiger partial charge in [-0.05, 0) is 41.0 Å². The van der Waals surface area contributed by atoms with Crippen molar-refractivity contribution in [3.8, 4) is 0 Å². The first-order chi connectivity index (χ1) is 7.12. The summed E-state index contributed by atoms with van der Waals surface area (Å²) in [7, 11) is 0. The van der Waals surface area contributed by atoms with Crippen LogP contribution in [-0.4, -0.2) is 34.5 Å². The maximum atomic E-state index is 11.9. The Morgan fingerprint density at radius 3 is 2.44 bits per heavy atom. The van der Waals surface area contributed by atoms with Gasteiger partial charge in [0.1, 0.15) is 5.60 Å². The summed E-state index contributed by atoms with van der Waals surface area (Å²) in [6.45, 7) is 9.56. The van der Waals surface area contributed by atoms with E-state index in [1.54, 1.807) is 0 Å². The highest BCUT2D eigenvalue weighted by atomic mass is 16.6. The lowest BCUT2D eigenvalue weighted by Gasteiger charge is -2.41. The van der Waals surface area contributed by atoms with Crippen molar-refractivity contribution in [1.82, 2.24) is 4.90 Å². The number of ketones is 1. The molecular weight excluding hydrogens is 206 g/mol. The molecule has 0 N–H and O–H groups in total. The Bertz CT molecular complexity index is 302. The van der Waals surface area contributed by atoms with Gasteiger partial charge in [-0.2, -0.15) is 0 Å². The molecule has 0 radical (unpaired) electrons. The monoisotopic (exact) mass is 227 g/mol. The molecule has 1 saturated heterocycles. The third-order valence-electron chi connectivity index (χ3n) is 2.69. The van der Waals surface area contributed by atoms with E-state index in [4.69, 9.17) is 4.74 Å². The van der Waals surface area contributed by atoms with Crippen LogP contribution in [-0.2, 0) is 9.53 Å². The van der Waals surface area contributed by atoms with Crippen molar-refractivity contribution >= 4 is 11.9 Å². The topological polar surface area (TPSA) is 46.6 Å². The van der Waals surface area contributed by atoms with Gasteiger partial charge >= 0.3 is 6.09 Å². The second-order valence-electron chi connectivity index (χ2n) is 5.92. The summed E-state index contributed by atoms with van der Waals surface area (Å²) in [5.41, 5.74) is -0.816. The lowest BCUT2D eigenvalue weighted by molar-refractivity contribution is -0.125. The molecule has 0 saturated carbocycles. The second kappa shape index (κ2) is 4.07. The molecule has 0 atom stereocenters. The summed E-state index contributed by atoms with van der Waals surface area (Å²) in [6, 6.07) is 0. The SMILES string of the molecule is CC(C)(C)OC(=O)N1CC(=O)CCC1(C)C. The number of amides is 1. The molecule has 92 valence electrons. The van der Waals surface area contributed by atoms with Gasteiger partial charge in [0.05, 0.1) is 6.54 Å². The van der Waals surface area contributed by atoms with Crippen LogP contribution < -0.4 is 0 Å². The molecule has 16 heavy (non-hydrogen) atoms. The van der Waals surface area contributed by atoms with Crippen LogP contribution in [0.25, 0.3) is 0 Å². The zero-order valence-corrected chi connectivity index (χ0v) is 10.8. The summed E-state index contributed by atoms with van der Waals surface area (Å²) in [5.74, 6) is 0.102. The third-order valence-corrected chi connectivity index (χ3v) is 2.69. The smallest absolute Gasteiger partial charge is 0.411 e. The number of rotatable bonds is 0. The fourth-order valence-corrected chi connectivity index (χ4v) is 1.68. The number of piperidine rings is 1. The van der Waals surface area contributed by atoms with Gasteiger partial charge in [0.15, 0.2) is 5.78 Å². The molecule has 4 heteroatoms. The predicted molar refractivity (Wildman–Crippen MR) is 61.3 cm³/mol.